The van der Waals surface area contributed by atoms with E-state index >= 15 is 0 Å². The van der Waals surface area contributed by atoms with Crippen LogP contribution in [-0.4, -0.2) is 49.1 Å². The van der Waals surface area contributed by atoms with Crippen LogP contribution in [0.4, 0.5) is 5.69 Å². The molecule has 24 heavy (non-hydrogen) atoms. The van der Waals surface area contributed by atoms with Crippen LogP contribution in [0.25, 0.3) is 0 Å². The van der Waals surface area contributed by atoms with Crippen LogP contribution in [0.5, 0.6) is 5.75 Å². The first-order chi connectivity index (χ1) is 11.7. The van der Waals surface area contributed by atoms with E-state index in [2.05, 4.69) is 22.0 Å². The second-order valence-corrected chi connectivity index (χ2v) is 5.92. The van der Waals surface area contributed by atoms with Crippen molar-refractivity contribution in [3.05, 3.63) is 42.1 Å². The van der Waals surface area contributed by atoms with Gasteiger partial charge in [0, 0.05) is 51.6 Å². The number of carbonyl (C=O) groups excluding carboxylic acids is 1. The molecular formula is C18H23N3O3. The molecule has 2 aromatic rings. The highest BCUT2D eigenvalue weighted by atomic mass is 16.5. The average molecular weight is 329 g/mol. The fourth-order valence-electron chi connectivity index (χ4n) is 2.92. The van der Waals surface area contributed by atoms with Gasteiger partial charge in [0.2, 0.25) is 5.91 Å². The third-order valence-corrected chi connectivity index (χ3v) is 4.33. The van der Waals surface area contributed by atoms with E-state index < -0.39 is 0 Å². The van der Waals surface area contributed by atoms with Gasteiger partial charge in [0.15, 0.2) is 5.89 Å². The lowest BCUT2D eigenvalue weighted by Gasteiger charge is -2.36. The average Bonchev–Trinajstić information content (AvgIpc) is 3.05. The van der Waals surface area contributed by atoms with Gasteiger partial charge in [-0.05, 0) is 24.3 Å². The molecule has 0 saturated carbocycles. The molecule has 1 fully saturated rings. The highest BCUT2D eigenvalue weighted by Gasteiger charge is 2.21. The predicted octanol–water partition coefficient (Wildman–Crippen LogP) is 2.27. The van der Waals surface area contributed by atoms with Crippen molar-refractivity contribution in [1.82, 2.24) is 9.88 Å². The molecule has 0 N–H and O–H groups in total. The number of nitrogens with zero attached hydrogens (tertiary/aromatic N) is 3. The lowest BCUT2D eigenvalue weighted by Crippen LogP contribution is -2.48. The molecule has 0 unspecified atom stereocenters. The Hall–Kier alpha value is -2.50. The molecule has 0 spiro atoms. The maximum Gasteiger partial charge on any atom is 0.223 e. The van der Waals surface area contributed by atoms with Crippen molar-refractivity contribution < 1.29 is 13.9 Å². The molecule has 128 valence electrons. The van der Waals surface area contributed by atoms with Gasteiger partial charge in [-0.3, -0.25) is 4.79 Å². The number of piperazine rings is 1. The highest BCUT2D eigenvalue weighted by Crippen LogP contribution is 2.20. The zero-order chi connectivity index (χ0) is 16.9. The van der Waals surface area contributed by atoms with Crippen LogP contribution in [0.1, 0.15) is 18.0 Å². The van der Waals surface area contributed by atoms with Crippen molar-refractivity contribution in [2.24, 2.45) is 0 Å². The van der Waals surface area contributed by atoms with Crippen molar-refractivity contribution in [2.75, 3.05) is 38.2 Å². The largest absolute Gasteiger partial charge is 0.497 e. The number of benzene rings is 1. The van der Waals surface area contributed by atoms with Crippen LogP contribution in [0.15, 0.2) is 34.9 Å². The fourth-order valence-corrected chi connectivity index (χ4v) is 2.92. The van der Waals surface area contributed by atoms with Crippen molar-refractivity contribution in [3.8, 4) is 5.75 Å². The summed E-state index contributed by atoms with van der Waals surface area (Å²) in [5.74, 6) is 1.69. The number of hydrogen-bond donors (Lipinski definition) is 0. The van der Waals surface area contributed by atoms with E-state index in [-0.39, 0.29) is 5.91 Å². The summed E-state index contributed by atoms with van der Waals surface area (Å²) in [6.07, 6.45) is 2.74. The molecular weight excluding hydrogens is 306 g/mol. The van der Waals surface area contributed by atoms with Crippen molar-refractivity contribution in [3.63, 3.8) is 0 Å². The van der Waals surface area contributed by atoms with Crippen molar-refractivity contribution in [1.29, 1.82) is 0 Å². The minimum atomic E-state index is 0.185. The van der Waals surface area contributed by atoms with Gasteiger partial charge in [0.25, 0.3) is 0 Å². The number of amides is 1. The van der Waals surface area contributed by atoms with Gasteiger partial charge in [-0.1, -0.05) is 0 Å². The molecule has 1 aromatic heterocycles. The molecule has 0 bridgehead atoms. The molecule has 0 aliphatic carbocycles. The summed E-state index contributed by atoms with van der Waals surface area (Å²) >= 11 is 0. The van der Waals surface area contributed by atoms with Crippen LogP contribution >= 0.6 is 0 Å². The van der Waals surface area contributed by atoms with E-state index in [4.69, 9.17) is 9.15 Å². The maximum atomic E-state index is 12.3. The fraction of sp³-hybridized carbons (Fsp3) is 0.444. The smallest absolute Gasteiger partial charge is 0.223 e. The molecule has 3 rings (SSSR count). The Bertz CT molecular complexity index is 673. The van der Waals surface area contributed by atoms with E-state index in [1.54, 1.807) is 13.4 Å². The molecule has 6 heteroatoms. The third-order valence-electron chi connectivity index (χ3n) is 4.33. The first kappa shape index (κ1) is 16.4. The third kappa shape index (κ3) is 3.88. The number of aromatic nitrogens is 1. The summed E-state index contributed by atoms with van der Waals surface area (Å²) in [6, 6.07) is 8.05. The Morgan fingerprint density at radius 2 is 1.92 bits per heavy atom. The normalized spacial score (nSPS) is 14.8. The van der Waals surface area contributed by atoms with Crippen molar-refractivity contribution in [2.45, 2.75) is 19.8 Å². The first-order valence-electron chi connectivity index (χ1n) is 8.23. The van der Waals surface area contributed by atoms with E-state index in [0.29, 0.717) is 18.7 Å². The molecule has 6 nitrogen and oxygen atoms in total. The van der Waals surface area contributed by atoms with Gasteiger partial charge in [0.05, 0.1) is 12.8 Å². The lowest BCUT2D eigenvalue weighted by atomic mass is 10.2. The quantitative estimate of drug-likeness (QED) is 0.842. The van der Waals surface area contributed by atoms with Gasteiger partial charge < -0.3 is 19.0 Å². The molecule has 0 radical (unpaired) electrons. The number of ether oxygens (including phenoxy) is 1. The first-order valence-corrected chi connectivity index (χ1v) is 8.23. The number of anilines is 1. The Kier molecular flexibility index (Phi) is 5.03. The van der Waals surface area contributed by atoms with Crippen molar-refractivity contribution >= 4 is 11.6 Å². The number of rotatable bonds is 5. The second kappa shape index (κ2) is 7.38. The molecule has 2 heterocycles. The zero-order valence-electron chi connectivity index (χ0n) is 14.2. The number of carbonyl (C=O) groups is 1. The molecule has 1 aromatic carbocycles. The summed E-state index contributed by atoms with van der Waals surface area (Å²) in [5.41, 5.74) is 2.01. The Labute approximate surface area is 142 Å². The molecule has 0 atom stereocenters. The summed E-state index contributed by atoms with van der Waals surface area (Å²) in [4.78, 5) is 20.8. The van der Waals surface area contributed by atoms with Gasteiger partial charge in [-0.2, -0.15) is 0 Å². The monoisotopic (exact) mass is 329 g/mol. The summed E-state index contributed by atoms with van der Waals surface area (Å²) in [6.45, 7) is 5.01. The van der Waals surface area contributed by atoms with Crippen LogP contribution < -0.4 is 9.64 Å². The maximum absolute atomic E-state index is 12.3. The Morgan fingerprint density at radius 1 is 1.21 bits per heavy atom. The molecule has 1 aliphatic rings. The van der Waals surface area contributed by atoms with E-state index in [0.717, 1.165) is 37.6 Å². The topological polar surface area (TPSA) is 58.8 Å². The van der Waals surface area contributed by atoms with E-state index in [1.165, 1.54) is 5.69 Å². The SMILES string of the molecule is COc1ccc(N2CCN(C(=O)CCc3coc(C)n3)CC2)cc1. The Morgan fingerprint density at radius 3 is 2.50 bits per heavy atom. The predicted molar refractivity (Wildman–Crippen MR) is 91.3 cm³/mol. The van der Waals surface area contributed by atoms with Crippen LogP contribution in [-0.2, 0) is 11.2 Å². The summed E-state index contributed by atoms with van der Waals surface area (Å²) in [5, 5.41) is 0. The van der Waals surface area contributed by atoms with Gasteiger partial charge >= 0.3 is 0 Å². The minimum Gasteiger partial charge on any atom is -0.497 e. The summed E-state index contributed by atoms with van der Waals surface area (Å²) in [7, 11) is 1.67. The number of methoxy groups -OCH3 is 1. The lowest BCUT2D eigenvalue weighted by molar-refractivity contribution is -0.131. The van der Waals surface area contributed by atoms with Crippen LogP contribution in [0, 0.1) is 6.92 Å². The van der Waals surface area contributed by atoms with Gasteiger partial charge in [0.1, 0.15) is 12.0 Å². The van der Waals surface area contributed by atoms with Gasteiger partial charge in [-0.25, -0.2) is 4.98 Å². The molecule has 1 aliphatic heterocycles. The number of hydrogen-bond acceptors (Lipinski definition) is 5. The molecule has 1 saturated heterocycles. The van der Waals surface area contributed by atoms with Crippen LogP contribution in [0.2, 0.25) is 0 Å². The van der Waals surface area contributed by atoms with E-state index in [9.17, 15) is 4.79 Å². The van der Waals surface area contributed by atoms with Crippen LogP contribution in [0.3, 0.4) is 0 Å². The molecule has 1 amide bonds. The summed E-state index contributed by atoms with van der Waals surface area (Å²) < 4.78 is 10.4. The second-order valence-electron chi connectivity index (χ2n) is 5.92. The minimum absolute atomic E-state index is 0.185. The van der Waals surface area contributed by atoms with E-state index in [1.807, 2.05) is 24.0 Å². The standard InChI is InChI=1S/C18H23N3O3/c1-14-19-15(13-24-14)3-8-18(22)21-11-9-20(10-12-21)16-4-6-17(23-2)7-5-16/h4-7,13H,3,8-12H2,1-2H3. The highest BCUT2D eigenvalue weighted by molar-refractivity contribution is 5.76. The van der Waals surface area contributed by atoms with Gasteiger partial charge in [-0.15, -0.1) is 0 Å². The zero-order valence-corrected chi connectivity index (χ0v) is 14.2. The number of oxazole rings is 1. The Balaban J connectivity index is 1.47. The number of aryl methyl sites for hydroxylation is 2.